The fourth-order valence-electron chi connectivity index (χ4n) is 3.80. The van der Waals surface area contributed by atoms with E-state index in [2.05, 4.69) is 15.6 Å². The maximum absolute atomic E-state index is 13.3. The van der Waals surface area contributed by atoms with Gasteiger partial charge in [-0.25, -0.2) is 4.98 Å². The summed E-state index contributed by atoms with van der Waals surface area (Å²) in [6, 6.07) is 13.5. The largest absolute Gasteiger partial charge is 0.417 e. The number of carbonyl (C=O) groups excluding carboxylic acids is 2. The van der Waals surface area contributed by atoms with Gasteiger partial charge in [0.15, 0.2) is 5.82 Å². The van der Waals surface area contributed by atoms with E-state index < -0.39 is 47.4 Å². The van der Waals surface area contributed by atoms with Crippen molar-refractivity contribution in [2.24, 2.45) is 7.05 Å². The average Bonchev–Trinajstić information content (AvgIpc) is 3.17. The quantitative estimate of drug-likeness (QED) is 0.327. The van der Waals surface area contributed by atoms with Gasteiger partial charge in [-0.2, -0.15) is 26.3 Å². The second kappa shape index (κ2) is 9.60. The molecule has 12 heteroatoms. The topological polar surface area (TPSA) is 76.0 Å². The number of aryl methyl sites for hydroxylation is 1. The van der Waals surface area contributed by atoms with Crippen LogP contribution in [0.4, 0.5) is 32.0 Å². The molecule has 0 saturated carbocycles. The summed E-state index contributed by atoms with van der Waals surface area (Å²) in [6.45, 7) is -0.391. The van der Waals surface area contributed by atoms with Crippen molar-refractivity contribution in [1.29, 1.82) is 0 Å². The molecule has 192 valence electrons. The van der Waals surface area contributed by atoms with Crippen LogP contribution in [0.1, 0.15) is 37.7 Å². The maximum atomic E-state index is 13.3. The Kier molecular flexibility index (Phi) is 6.68. The van der Waals surface area contributed by atoms with Gasteiger partial charge in [0, 0.05) is 19.3 Å². The predicted molar refractivity (Wildman–Crippen MR) is 123 cm³/mol. The van der Waals surface area contributed by atoms with E-state index >= 15 is 0 Å². The van der Waals surface area contributed by atoms with E-state index in [1.807, 2.05) is 0 Å². The minimum atomic E-state index is -4.72. The molecule has 0 aliphatic rings. The number of anilines is 1. The van der Waals surface area contributed by atoms with E-state index in [1.54, 1.807) is 0 Å². The molecule has 0 aliphatic carbocycles. The summed E-state index contributed by atoms with van der Waals surface area (Å²) in [6.07, 6.45) is -9.30. The van der Waals surface area contributed by atoms with Crippen LogP contribution in [-0.2, 0) is 25.9 Å². The van der Waals surface area contributed by atoms with E-state index in [1.165, 1.54) is 60.1 Å². The van der Waals surface area contributed by atoms with Crippen molar-refractivity contribution in [1.82, 2.24) is 14.9 Å². The molecule has 3 aromatic carbocycles. The molecule has 0 aliphatic heterocycles. The molecular formula is C25H18F6N4O2. The van der Waals surface area contributed by atoms with Crippen LogP contribution in [0.25, 0.3) is 11.0 Å². The Bertz CT molecular complexity index is 1490. The Labute approximate surface area is 205 Å². The van der Waals surface area contributed by atoms with Gasteiger partial charge in [0.2, 0.25) is 0 Å². The average molecular weight is 520 g/mol. The Morgan fingerprint density at radius 1 is 0.838 bits per heavy atom. The molecule has 0 atom stereocenters. The van der Waals surface area contributed by atoms with Crippen molar-refractivity contribution in [3.05, 3.63) is 94.8 Å². The third-order valence-corrected chi connectivity index (χ3v) is 5.58. The lowest BCUT2D eigenvalue weighted by Crippen LogP contribution is -2.27. The van der Waals surface area contributed by atoms with E-state index in [0.717, 1.165) is 18.2 Å². The monoisotopic (exact) mass is 520 g/mol. The number of hydrogen-bond acceptors (Lipinski definition) is 3. The van der Waals surface area contributed by atoms with Gasteiger partial charge in [-0.15, -0.1) is 0 Å². The Morgan fingerprint density at radius 3 is 2.14 bits per heavy atom. The molecule has 0 bridgehead atoms. The smallest absolute Gasteiger partial charge is 0.345 e. The highest BCUT2D eigenvalue weighted by Crippen LogP contribution is 2.33. The number of amides is 2. The lowest BCUT2D eigenvalue weighted by atomic mass is 10.1. The number of imidazole rings is 1. The van der Waals surface area contributed by atoms with Gasteiger partial charge in [0.05, 0.1) is 27.7 Å². The zero-order valence-corrected chi connectivity index (χ0v) is 19.0. The third-order valence-electron chi connectivity index (χ3n) is 5.58. The highest BCUT2D eigenvalue weighted by atomic mass is 19.4. The van der Waals surface area contributed by atoms with E-state index in [9.17, 15) is 35.9 Å². The van der Waals surface area contributed by atoms with Gasteiger partial charge in [-0.05, 0) is 42.0 Å². The summed E-state index contributed by atoms with van der Waals surface area (Å²) < 4.78 is 80.7. The zero-order valence-electron chi connectivity index (χ0n) is 19.0. The number of nitrogens with one attached hydrogen (secondary N) is 2. The summed E-state index contributed by atoms with van der Waals surface area (Å²) >= 11 is 0. The van der Waals surface area contributed by atoms with Gasteiger partial charge in [-0.1, -0.05) is 30.3 Å². The number of carbonyl (C=O) groups is 2. The van der Waals surface area contributed by atoms with Gasteiger partial charge in [0.1, 0.15) is 0 Å². The van der Waals surface area contributed by atoms with E-state index in [-0.39, 0.29) is 17.1 Å². The first-order chi connectivity index (χ1) is 17.4. The second-order valence-electron chi connectivity index (χ2n) is 8.03. The number of rotatable bonds is 5. The lowest BCUT2D eigenvalue weighted by Gasteiger charge is -2.13. The molecule has 2 N–H and O–H groups in total. The van der Waals surface area contributed by atoms with Gasteiger partial charge >= 0.3 is 12.4 Å². The summed E-state index contributed by atoms with van der Waals surface area (Å²) in [7, 11) is 1.48. The number of nitrogens with zero attached hydrogens (tertiary/aromatic N) is 2. The molecule has 0 spiro atoms. The first-order valence-corrected chi connectivity index (χ1v) is 10.7. The number of benzene rings is 3. The molecule has 0 saturated heterocycles. The standard InChI is InChI=1S/C25H18F6N4O2/c1-35-20-12-15(33-22(36)16-7-3-5-9-18(16)25(29,30)31)10-11-19(20)34-21(35)23(37)32-13-14-6-2-4-8-17(14)24(26,27)28/h2-12H,13H2,1H3,(H,32,37)(H,33,36). The number of fused-ring (bicyclic) bond motifs is 1. The van der Waals surface area contributed by atoms with Crippen LogP contribution in [-0.4, -0.2) is 21.4 Å². The number of halogens is 6. The number of alkyl halides is 6. The van der Waals surface area contributed by atoms with Crippen LogP contribution in [0.2, 0.25) is 0 Å². The first-order valence-electron chi connectivity index (χ1n) is 10.7. The fourth-order valence-corrected chi connectivity index (χ4v) is 3.80. The van der Waals surface area contributed by atoms with Crippen molar-refractivity contribution in [2.75, 3.05) is 5.32 Å². The molecule has 0 fully saturated rings. The minimum Gasteiger partial charge on any atom is -0.345 e. The molecule has 4 aromatic rings. The summed E-state index contributed by atoms with van der Waals surface area (Å²) in [4.78, 5) is 29.4. The van der Waals surface area contributed by atoms with Gasteiger partial charge < -0.3 is 15.2 Å². The minimum absolute atomic E-state index is 0.106. The molecule has 0 unspecified atom stereocenters. The summed E-state index contributed by atoms with van der Waals surface area (Å²) in [5.41, 5.74) is -1.78. The van der Waals surface area contributed by atoms with E-state index in [4.69, 9.17) is 0 Å². The third kappa shape index (κ3) is 5.42. The highest BCUT2D eigenvalue weighted by molar-refractivity contribution is 6.06. The van der Waals surface area contributed by atoms with Crippen molar-refractivity contribution in [2.45, 2.75) is 18.9 Å². The predicted octanol–water partition coefficient (Wildman–Crippen LogP) is 5.79. The van der Waals surface area contributed by atoms with Crippen molar-refractivity contribution >= 4 is 28.5 Å². The Hall–Kier alpha value is -4.35. The molecule has 1 aromatic heterocycles. The van der Waals surface area contributed by atoms with Crippen LogP contribution in [0.15, 0.2) is 66.7 Å². The number of hydrogen-bond donors (Lipinski definition) is 2. The SMILES string of the molecule is Cn1c(C(=O)NCc2ccccc2C(F)(F)F)nc2ccc(NC(=O)c3ccccc3C(F)(F)F)cc21. The summed E-state index contributed by atoms with van der Waals surface area (Å²) in [5, 5.41) is 4.83. The highest BCUT2D eigenvalue weighted by Gasteiger charge is 2.35. The molecular weight excluding hydrogens is 502 g/mol. The Morgan fingerprint density at radius 2 is 1.46 bits per heavy atom. The molecule has 1 heterocycles. The van der Waals surface area contributed by atoms with Crippen molar-refractivity contribution in [3.8, 4) is 0 Å². The van der Waals surface area contributed by atoms with Crippen molar-refractivity contribution in [3.63, 3.8) is 0 Å². The van der Waals surface area contributed by atoms with Crippen LogP contribution in [0, 0.1) is 0 Å². The molecule has 2 amide bonds. The van der Waals surface area contributed by atoms with Gasteiger partial charge in [0.25, 0.3) is 11.8 Å². The van der Waals surface area contributed by atoms with Gasteiger partial charge in [-0.3, -0.25) is 9.59 Å². The molecule has 0 radical (unpaired) electrons. The lowest BCUT2D eigenvalue weighted by molar-refractivity contribution is -0.138. The Balaban J connectivity index is 1.55. The van der Waals surface area contributed by atoms with Crippen LogP contribution in [0.5, 0.6) is 0 Å². The van der Waals surface area contributed by atoms with Crippen LogP contribution < -0.4 is 10.6 Å². The molecule has 4 rings (SSSR count). The maximum Gasteiger partial charge on any atom is 0.417 e. The second-order valence-corrected chi connectivity index (χ2v) is 8.03. The molecule has 37 heavy (non-hydrogen) atoms. The normalized spacial score (nSPS) is 12.0. The van der Waals surface area contributed by atoms with Crippen LogP contribution >= 0.6 is 0 Å². The molecule has 6 nitrogen and oxygen atoms in total. The fraction of sp³-hybridized carbons (Fsp3) is 0.160. The van der Waals surface area contributed by atoms with E-state index in [0.29, 0.717) is 11.0 Å². The summed E-state index contributed by atoms with van der Waals surface area (Å²) in [5.74, 6) is -1.82. The number of aromatic nitrogens is 2. The van der Waals surface area contributed by atoms with Crippen molar-refractivity contribution < 1.29 is 35.9 Å². The van der Waals surface area contributed by atoms with Crippen LogP contribution in [0.3, 0.4) is 0 Å². The zero-order chi connectivity index (χ0) is 27.0. The first kappa shape index (κ1) is 25.7.